The number of carbonyl (C=O) groups is 2. The number of nitrogens with one attached hydrogen (secondary N) is 2. The number of benzene rings is 2. The third-order valence-electron chi connectivity index (χ3n) is 4.56. The van der Waals surface area contributed by atoms with Gasteiger partial charge in [0.2, 0.25) is 5.91 Å². The Hall–Kier alpha value is -2.86. The minimum absolute atomic E-state index is 0.0135. The molecular formula is C20H23N3O3. The van der Waals surface area contributed by atoms with Crippen molar-refractivity contribution in [3.63, 3.8) is 0 Å². The molecular weight excluding hydrogens is 330 g/mol. The largest absolute Gasteiger partial charge is 0.375 e. The van der Waals surface area contributed by atoms with Crippen LogP contribution in [0, 0.1) is 0 Å². The van der Waals surface area contributed by atoms with Crippen LogP contribution in [0.1, 0.15) is 23.6 Å². The molecule has 0 fully saturated rings. The fourth-order valence-electron chi connectivity index (χ4n) is 3.29. The molecule has 2 aromatic carbocycles. The van der Waals surface area contributed by atoms with Crippen molar-refractivity contribution >= 4 is 23.3 Å². The normalized spacial score (nSPS) is 15.2. The SMILES string of the molecule is COCC(=O)Nc1cccc(NC(=O)N(C)C2CCc3ccccc32)c1. The van der Waals surface area contributed by atoms with E-state index in [4.69, 9.17) is 4.74 Å². The molecule has 0 saturated carbocycles. The molecule has 0 spiro atoms. The highest BCUT2D eigenvalue weighted by Crippen LogP contribution is 2.35. The number of amides is 3. The Morgan fingerprint density at radius 3 is 2.62 bits per heavy atom. The Kier molecular flexibility index (Phi) is 5.53. The summed E-state index contributed by atoms with van der Waals surface area (Å²) >= 11 is 0. The number of aryl methyl sites for hydroxylation is 1. The summed E-state index contributed by atoms with van der Waals surface area (Å²) in [5.74, 6) is -0.240. The van der Waals surface area contributed by atoms with Crippen LogP contribution in [0.4, 0.5) is 16.2 Å². The van der Waals surface area contributed by atoms with Gasteiger partial charge in [-0.25, -0.2) is 4.79 Å². The van der Waals surface area contributed by atoms with Crippen LogP contribution in [0.5, 0.6) is 0 Å². The second-order valence-electron chi connectivity index (χ2n) is 6.36. The minimum atomic E-state index is -0.240. The summed E-state index contributed by atoms with van der Waals surface area (Å²) in [5, 5.41) is 5.62. The van der Waals surface area contributed by atoms with Crippen LogP contribution in [-0.2, 0) is 16.0 Å². The summed E-state index contributed by atoms with van der Waals surface area (Å²) < 4.78 is 4.80. The zero-order valence-electron chi connectivity index (χ0n) is 15.0. The van der Waals surface area contributed by atoms with Crippen molar-refractivity contribution in [2.24, 2.45) is 0 Å². The van der Waals surface area contributed by atoms with E-state index in [1.54, 1.807) is 29.2 Å². The standard InChI is InChI=1S/C20H23N3O3/c1-23(18-11-10-14-6-3-4-9-17(14)18)20(25)22-16-8-5-7-15(12-16)21-19(24)13-26-2/h3-9,12,18H,10-11,13H2,1-2H3,(H,21,24)(H,22,25). The molecule has 1 aliphatic carbocycles. The summed E-state index contributed by atoms with van der Waals surface area (Å²) in [6, 6.07) is 15.2. The smallest absolute Gasteiger partial charge is 0.322 e. The van der Waals surface area contributed by atoms with Gasteiger partial charge in [0.15, 0.2) is 0 Å². The van der Waals surface area contributed by atoms with Gasteiger partial charge in [-0.05, 0) is 42.2 Å². The van der Waals surface area contributed by atoms with Crippen molar-refractivity contribution in [3.8, 4) is 0 Å². The van der Waals surface area contributed by atoms with Gasteiger partial charge in [0.05, 0.1) is 6.04 Å². The molecule has 0 saturated heterocycles. The highest BCUT2D eigenvalue weighted by atomic mass is 16.5. The lowest BCUT2D eigenvalue weighted by Crippen LogP contribution is -2.34. The van der Waals surface area contributed by atoms with Gasteiger partial charge in [-0.3, -0.25) is 4.79 Å². The van der Waals surface area contributed by atoms with E-state index in [-0.39, 0.29) is 24.6 Å². The van der Waals surface area contributed by atoms with E-state index in [0.29, 0.717) is 11.4 Å². The molecule has 2 N–H and O–H groups in total. The topological polar surface area (TPSA) is 70.7 Å². The quantitative estimate of drug-likeness (QED) is 0.865. The average Bonchev–Trinajstić information content (AvgIpc) is 3.05. The van der Waals surface area contributed by atoms with E-state index in [1.807, 2.05) is 19.2 Å². The molecule has 0 aromatic heterocycles. The van der Waals surface area contributed by atoms with E-state index >= 15 is 0 Å². The third kappa shape index (κ3) is 4.03. The van der Waals surface area contributed by atoms with Crippen LogP contribution in [0.25, 0.3) is 0 Å². The Morgan fingerprint density at radius 1 is 1.12 bits per heavy atom. The molecule has 6 heteroatoms. The third-order valence-corrected chi connectivity index (χ3v) is 4.56. The number of rotatable bonds is 5. The van der Waals surface area contributed by atoms with Crippen LogP contribution < -0.4 is 10.6 Å². The second kappa shape index (κ2) is 8.01. The molecule has 6 nitrogen and oxygen atoms in total. The molecule has 26 heavy (non-hydrogen) atoms. The molecule has 1 unspecified atom stereocenters. The predicted molar refractivity (Wildman–Crippen MR) is 101 cm³/mol. The maximum absolute atomic E-state index is 12.7. The Morgan fingerprint density at radius 2 is 1.85 bits per heavy atom. The van der Waals surface area contributed by atoms with E-state index in [0.717, 1.165) is 12.8 Å². The fraction of sp³-hybridized carbons (Fsp3) is 0.300. The van der Waals surface area contributed by atoms with E-state index in [1.165, 1.54) is 18.2 Å². The van der Waals surface area contributed by atoms with Crippen molar-refractivity contribution in [3.05, 3.63) is 59.7 Å². The van der Waals surface area contributed by atoms with E-state index < -0.39 is 0 Å². The molecule has 1 aliphatic rings. The zero-order chi connectivity index (χ0) is 18.5. The summed E-state index contributed by atoms with van der Waals surface area (Å²) in [6.45, 7) is -0.0135. The van der Waals surface area contributed by atoms with Crippen molar-refractivity contribution in [1.82, 2.24) is 4.90 Å². The molecule has 0 radical (unpaired) electrons. The van der Waals surface area contributed by atoms with Crippen LogP contribution in [-0.4, -0.2) is 37.6 Å². The molecule has 136 valence electrons. The average molecular weight is 353 g/mol. The summed E-state index contributed by atoms with van der Waals surface area (Å²) in [7, 11) is 3.28. The second-order valence-corrected chi connectivity index (χ2v) is 6.36. The summed E-state index contributed by atoms with van der Waals surface area (Å²) in [4.78, 5) is 26.0. The minimum Gasteiger partial charge on any atom is -0.375 e. The Labute approximate surface area is 153 Å². The molecule has 3 rings (SSSR count). The Bertz CT molecular complexity index is 806. The van der Waals surface area contributed by atoms with Crippen LogP contribution >= 0.6 is 0 Å². The van der Waals surface area contributed by atoms with Gasteiger partial charge >= 0.3 is 6.03 Å². The maximum Gasteiger partial charge on any atom is 0.322 e. The first kappa shape index (κ1) is 17.9. The Balaban J connectivity index is 1.66. The lowest BCUT2D eigenvalue weighted by molar-refractivity contribution is -0.119. The summed E-state index contributed by atoms with van der Waals surface area (Å²) in [6.07, 6.45) is 1.91. The van der Waals surface area contributed by atoms with Gasteiger partial charge in [0.1, 0.15) is 6.61 Å². The van der Waals surface area contributed by atoms with Crippen molar-refractivity contribution < 1.29 is 14.3 Å². The molecule has 0 bridgehead atoms. The number of hydrogen-bond acceptors (Lipinski definition) is 3. The van der Waals surface area contributed by atoms with Crippen molar-refractivity contribution in [1.29, 1.82) is 0 Å². The first-order valence-corrected chi connectivity index (χ1v) is 8.59. The van der Waals surface area contributed by atoms with Gasteiger partial charge < -0.3 is 20.3 Å². The monoisotopic (exact) mass is 353 g/mol. The number of urea groups is 1. The lowest BCUT2D eigenvalue weighted by Gasteiger charge is -2.25. The number of hydrogen-bond donors (Lipinski definition) is 2. The van der Waals surface area contributed by atoms with E-state index in [9.17, 15) is 9.59 Å². The number of nitrogens with zero attached hydrogens (tertiary/aromatic N) is 1. The zero-order valence-corrected chi connectivity index (χ0v) is 15.0. The molecule has 2 aromatic rings. The highest BCUT2D eigenvalue weighted by Gasteiger charge is 2.28. The van der Waals surface area contributed by atoms with Gasteiger partial charge in [0, 0.05) is 25.5 Å². The fourth-order valence-corrected chi connectivity index (χ4v) is 3.29. The number of fused-ring (bicyclic) bond motifs is 1. The number of ether oxygens (including phenoxy) is 1. The van der Waals surface area contributed by atoms with Gasteiger partial charge in [0.25, 0.3) is 0 Å². The van der Waals surface area contributed by atoms with Gasteiger partial charge in [-0.1, -0.05) is 30.3 Å². The first-order valence-electron chi connectivity index (χ1n) is 8.59. The maximum atomic E-state index is 12.7. The van der Waals surface area contributed by atoms with E-state index in [2.05, 4.69) is 22.8 Å². The number of methoxy groups -OCH3 is 1. The molecule has 1 atom stereocenters. The van der Waals surface area contributed by atoms with Crippen LogP contribution in [0.3, 0.4) is 0 Å². The van der Waals surface area contributed by atoms with Crippen LogP contribution in [0.15, 0.2) is 48.5 Å². The van der Waals surface area contributed by atoms with Crippen molar-refractivity contribution in [2.75, 3.05) is 31.4 Å². The lowest BCUT2D eigenvalue weighted by atomic mass is 10.1. The molecule has 0 heterocycles. The molecule has 3 amide bonds. The highest BCUT2D eigenvalue weighted by molar-refractivity contribution is 5.94. The summed E-state index contributed by atoms with van der Waals surface area (Å²) in [5.41, 5.74) is 3.76. The van der Waals surface area contributed by atoms with Crippen LogP contribution in [0.2, 0.25) is 0 Å². The molecule has 0 aliphatic heterocycles. The van der Waals surface area contributed by atoms with Crippen molar-refractivity contribution in [2.45, 2.75) is 18.9 Å². The van der Waals surface area contributed by atoms with Gasteiger partial charge in [-0.15, -0.1) is 0 Å². The first-order chi connectivity index (χ1) is 12.6. The number of carbonyl (C=O) groups excluding carboxylic acids is 2. The number of anilines is 2. The predicted octanol–water partition coefficient (Wildman–Crippen LogP) is 3.42. The van der Waals surface area contributed by atoms with Gasteiger partial charge in [-0.2, -0.15) is 0 Å².